The summed E-state index contributed by atoms with van der Waals surface area (Å²) in [7, 11) is 0. The molecular formula is C22H27BrO. The summed E-state index contributed by atoms with van der Waals surface area (Å²) in [5.74, 6) is 0.769. The third-order valence-electron chi connectivity index (χ3n) is 5.02. The molecule has 2 atom stereocenters. The number of ketones is 1. The van der Waals surface area contributed by atoms with Gasteiger partial charge in [-0.15, -0.1) is 0 Å². The Morgan fingerprint density at radius 2 is 2.00 bits per heavy atom. The van der Waals surface area contributed by atoms with Crippen molar-refractivity contribution in [3.05, 3.63) is 64.7 Å². The zero-order chi connectivity index (χ0) is 17.7. The van der Waals surface area contributed by atoms with Crippen molar-refractivity contribution in [1.82, 2.24) is 0 Å². The molecule has 1 aromatic carbocycles. The van der Waals surface area contributed by atoms with Crippen molar-refractivity contribution >= 4 is 27.3 Å². The highest BCUT2D eigenvalue weighted by Crippen LogP contribution is 2.45. The molecule has 0 radical (unpaired) electrons. The van der Waals surface area contributed by atoms with E-state index in [1.165, 1.54) is 5.57 Å². The second-order valence-corrected chi connectivity index (χ2v) is 8.27. The molecule has 1 saturated carbocycles. The molecule has 2 heteroatoms. The molecule has 128 valence electrons. The van der Waals surface area contributed by atoms with Crippen molar-refractivity contribution in [1.29, 1.82) is 0 Å². The maximum absolute atomic E-state index is 13.0. The Kier molecular flexibility index (Phi) is 6.40. The van der Waals surface area contributed by atoms with Gasteiger partial charge in [0.25, 0.3) is 0 Å². The summed E-state index contributed by atoms with van der Waals surface area (Å²) in [5, 5.41) is 0. The van der Waals surface area contributed by atoms with Gasteiger partial charge in [-0.25, -0.2) is 0 Å². The number of hydrogen-bond acceptors (Lipinski definition) is 1. The van der Waals surface area contributed by atoms with Gasteiger partial charge in [-0.3, -0.25) is 4.79 Å². The minimum Gasteiger partial charge on any atom is -0.294 e. The zero-order valence-corrected chi connectivity index (χ0v) is 16.5. The van der Waals surface area contributed by atoms with Crippen molar-refractivity contribution in [3.63, 3.8) is 0 Å². The first-order valence-electron chi connectivity index (χ1n) is 8.69. The van der Waals surface area contributed by atoms with E-state index in [4.69, 9.17) is 0 Å². The Labute approximate surface area is 154 Å². The highest BCUT2D eigenvalue weighted by atomic mass is 79.9. The summed E-state index contributed by atoms with van der Waals surface area (Å²) in [6, 6.07) is 10.2. The van der Waals surface area contributed by atoms with Crippen LogP contribution in [-0.4, -0.2) is 5.78 Å². The van der Waals surface area contributed by atoms with Crippen LogP contribution in [0.1, 0.15) is 52.0 Å². The quantitative estimate of drug-likeness (QED) is 0.312. The summed E-state index contributed by atoms with van der Waals surface area (Å²) in [5.41, 5.74) is 3.11. The van der Waals surface area contributed by atoms with E-state index in [1.807, 2.05) is 31.2 Å². The lowest BCUT2D eigenvalue weighted by molar-refractivity contribution is -0.125. The van der Waals surface area contributed by atoms with Crippen LogP contribution < -0.4 is 0 Å². The average molecular weight is 387 g/mol. The first-order valence-corrected chi connectivity index (χ1v) is 9.48. The van der Waals surface area contributed by atoms with Crippen LogP contribution in [0.4, 0.5) is 0 Å². The molecule has 1 fully saturated rings. The number of allylic oxidation sites excluding steroid dienone is 5. The Balaban J connectivity index is 2.27. The molecule has 0 aliphatic heterocycles. The van der Waals surface area contributed by atoms with Crippen LogP contribution in [0.3, 0.4) is 0 Å². The summed E-state index contributed by atoms with van der Waals surface area (Å²) >= 11 is 3.58. The van der Waals surface area contributed by atoms with E-state index >= 15 is 0 Å². The van der Waals surface area contributed by atoms with Crippen LogP contribution >= 0.6 is 15.9 Å². The van der Waals surface area contributed by atoms with Gasteiger partial charge in [-0.1, -0.05) is 78.3 Å². The molecule has 1 aliphatic rings. The van der Waals surface area contributed by atoms with Crippen molar-refractivity contribution < 1.29 is 4.79 Å². The van der Waals surface area contributed by atoms with E-state index in [0.29, 0.717) is 5.92 Å². The Morgan fingerprint density at radius 3 is 2.54 bits per heavy atom. The summed E-state index contributed by atoms with van der Waals surface area (Å²) in [6.07, 6.45) is 7.45. The Bertz CT molecular complexity index is 664. The largest absolute Gasteiger partial charge is 0.294 e. The van der Waals surface area contributed by atoms with Crippen molar-refractivity contribution in [3.8, 4) is 0 Å². The molecule has 0 N–H and O–H groups in total. The average Bonchev–Trinajstić information content (AvgIpc) is 2.54. The molecule has 2 rings (SSSR count). The van der Waals surface area contributed by atoms with Gasteiger partial charge in [0.05, 0.1) is 0 Å². The fourth-order valence-electron chi connectivity index (χ4n) is 3.85. The van der Waals surface area contributed by atoms with Crippen molar-refractivity contribution in [2.75, 3.05) is 0 Å². The summed E-state index contributed by atoms with van der Waals surface area (Å²) in [6.45, 7) is 10.5. The standard InChI is InChI=1S/C22H27BrO/c1-5-22(14-16(2)13-17(3)15-22)21(24)12-11-20(18(4)23)19-9-7-6-8-10-19/h6-12,17H,2,5,13-15H2,1,3-4H3/b12-11+,20-18-. The second-order valence-electron chi connectivity index (χ2n) is 7.08. The van der Waals surface area contributed by atoms with E-state index in [2.05, 4.69) is 48.5 Å². The normalized spacial score (nSPS) is 25.7. The topological polar surface area (TPSA) is 17.1 Å². The van der Waals surface area contributed by atoms with Crippen LogP contribution in [0.2, 0.25) is 0 Å². The van der Waals surface area contributed by atoms with Crippen LogP contribution in [0.5, 0.6) is 0 Å². The molecule has 0 saturated heterocycles. The number of hydrogen-bond donors (Lipinski definition) is 0. The lowest BCUT2D eigenvalue weighted by Crippen LogP contribution is -2.35. The smallest absolute Gasteiger partial charge is 0.162 e. The maximum atomic E-state index is 13.0. The van der Waals surface area contributed by atoms with Crippen LogP contribution in [0.25, 0.3) is 5.57 Å². The monoisotopic (exact) mass is 386 g/mol. The lowest BCUT2D eigenvalue weighted by atomic mass is 9.64. The van der Waals surface area contributed by atoms with Gasteiger partial charge in [0.15, 0.2) is 5.78 Å². The third-order valence-corrected chi connectivity index (χ3v) is 5.45. The molecule has 24 heavy (non-hydrogen) atoms. The van der Waals surface area contributed by atoms with Gasteiger partial charge < -0.3 is 0 Å². The van der Waals surface area contributed by atoms with E-state index in [1.54, 1.807) is 6.08 Å². The third kappa shape index (κ3) is 4.36. The van der Waals surface area contributed by atoms with E-state index in [9.17, 15) is 4.79 Å². The minimum absolute atomic E-state index is 0.236. The highest BCUT2D eigenvalue weighted by molar-refractivity contribution is 9.11. The van der Waals surface area contributed by atoms with Crippen LogP contribution in [0, 0.1) is 11.3 Å². The number of benzene rings is 1. The molecule has 0 spiro atoms. The first kappa shape index (κ1) is 18.9. The SMILES string of the molecule is C=C1CC(C)CC(CC)(C(=O)/C=C/C(=C(\C)Br)c2ccccc2)C1. The molecule has 1 aromatic rings. The van der Waals surface area contributed by atoms with E-state index < -0.39 is 0 Å². The minimum atomic E-state index is -0.271. The highest BCUT2D eigenvalue weighted by Gasteiger charge is 2.39. The Hall–Kier alpha value is -1.41. The molecule has 1 nitrogen and oxygen atoms in total. The van der Waals surface area contributed by atoms with E-state index in [0.717, 1.165) is 41.3 Å². The fourth-order valence-corrected chi connectivity index (χ4v) is 4.21. The van der Waals surface area contributed by atoms with Gasteiger partial charge in [-0.05, 0) is 60.2 Å². The predicted octanol–water partition coefficient (Wildman–Crippen LogP) is 6.71. The van der Waals surface area contributed by atoms with E-state index in [-0.39, 0.29) is 11.2 Å². The van der Waals surface area contributed by atoms with Crippen LogP contribution in [-0.2, 0) is 4.79 Å². The molecule has 2 unspecified atom stereocenters. The number of carbonyl (C=O) groups is 1. The van der Waals surface area contributed by atoms with Gasteiger partial charge in [0, 0.05) is 5.41 Å². The molecule has 0 amide bonds. The lowest BCUT2D eigenvalue weighted by Gasteiger charge is -2.38. The number of carbonyl (C=O) groups excluding carboxylic acids is 1. The molecule has 1 aliphatic carbocycles. The van der Waals surface area contributed by atoms with Gasteiger partial charge in [0.1, 0.15) is 0 Å². The maximum Gasteiger partial charge on any atom is 0.162 e. The van der Waals surface area contributed by atoms with Crippen molar-refractivity contribution in [2.24, 2.45) is 11.3 Å². The predicted molar refractivity (Wildman–Crippen MR) is 107 cm³/mol. The van der Waals surface area contributed by atoms with Crippen molar-refractivity contribution in [2.45, 2.75) is 46.5 Å². The van der Waals surface area contributed by atoms with Gasteiger partial charge in [-0.2, -0.15) is 0 Å². The van der Waals surface area contributed by atoms with Gasteiger partial charge in [0.2, 0.25) is 0 Å². The molecular weight excluding hydrogens is 360 g/mol. The summed E-state index contributed by atoms with van der Waals surface area (Å²) < 4.78 is 1.03. The molecule has 0 bridgehead atoms. The fraction of sp³-hybridized carbons (Fsp3) is 0.409. The molecule has 0 aromatic heterocycles. The number of rotatable bonds is 5. The first-order chi connectivity index (χ1) is 11.4. The second kappa shape index (κ2) is 8.11. The number of halogens is 1. The Morgan fingerprint density at radius 1 is 1.33 bits per heavy atom. The zero-order valence-electron chi connectivity index (χ0n) is 14.9. The van der Waals surface area contributed by atoms with Crippen LogP contribution in [0.15, 0.2) is 59.1 Å². The van der Waals surface area contributed by atoms with Gasteiger partial charge >= 0.3 is 0 Å². The summed E-state index contributed by atoms with van der Waals surface area (Å²) in [4.78, 5) is 13.0. The molecule has 0 heterocycles.